The van der Waals surface area contributed by atoms with Crippen LogP contribution in [0.1, 0.15) is 31.3 Å². The van der Waals surface area contributed by atoms with Gasteiger partial charge in [-0.3, -0.25) is 19.3 Å². The first-order valence-corrected chi connectivity index (χ1v) is 10.3. The molecule has 2 heterocycles. The molecule has 0 radical (unpaired) electrons. The highest BCUT2D eigenvalue weighted by Crippen LogP contribution is 2.16. The fraction of sp³-hybridized carbons (Fsp3) is 0.524. The summed E-state index contributed by atoms with van der Waals surface area (Å²) in [5.74, 6) is -0.0458. The maximum atomic E-state index is 13.2. The minimum Gasteiger partial charge on any atom is -0.342 e. The Morgan fingerprint density at radius 1 is 1.00 bits per heavy atom. The number of piperazine rings is 1. The van der Waals surface area contributed by atoms with Gasteiger partial charge in [-0.05, 0) is 26.8 Å². The van der Waals surface area contributed by atoms with Crippen molar-refractivity contribution in [2.24, 2.45) is 0 Å². The molecule has 0 aliphatic carbocycles. The van der Waals surface area contributed by atoms with Gasteiger partial charge in [0.1, 0.15) is 0 Å². The molecule has 0 atom stereocenters. The van der Waals surface area contributed by atoms with E-state index in [-0.39, 0.29) is 17.4 Å². The van der Waals surface area contributed by atoms with Crippen LogP contribution in [-0.4, -0.2) is 82.1 Å². The Morgan fingerprint density at radius 2 is 1.62 bits per heavy atom. The number of amides is 2. The van der Waals surface area contributed by atoms with Crippen LogP contribution in [0.25, 0.3) is 10.8 Å². The number of benzene rings is 1. The third kappa shape index (κ3) is 4.32. The van der Waals surface area contributed by atoms with Gasteiger partial charge in [0.05, 0.1) is 11.9 Å². The summed E-state index contributed by atoms with van der Waals surface area (Å²) in [6.07, 6.45) is 0. The monoisotopic (exact) mass is 399 g/mol. The van der Waals surface area contributed by atoms with Gasteiger partial charge in [-0.15, -0.1) is 0 Å². The number of carbonyl (C=O) groups is 2. The molecule has 1 saturated heterocycles. The molecule has 0 bridgehead atoms. The number of hydrogen-bond acceptors (Lipinski definition) is 5. The van der Waals surface area contributed by atoms with Gasteiger partial charge in [0.2, 0.25) is 5.91 Å². The minimum atomic E-state index is -0.181. The maximum absolute atomic E-state index is 13.2. The van der Waals surface area contributed by atoms with Crippen LogP contribution < -0.4 is 5.56 Å². The lowest BCUT2D eigenvalue weighted by Gasteiger charge is -2.35. The van der Waals surface area contributed by atoms with Gasteiger partial charge in [0, 0.05) is 51.2 Å². The van der Waals surface area contributed by atoms with Crippen molar-refractivity contribution in [3.8, 4) is 0 Å². The van der Waals surface area contributed by atoms with E-state index in [1.54, 1.807) is 23.1 Å². The summed E-state index contributed by atoms with van der Waals surface area (Å²) < 4.78 is 1.34. The largest absolute Gasteiger partial charge is 0.342 e. The Balaban J connectivity index is 1.74. The number of likely N-dealkylation sites (N-methyl/N-ethyl adjacent to an activating group) is 1. The highest BCUT2D eigenvalue weighted by atomic mass is 16.2. The van der Waals surface area contributed by atoms with E-state index in [0.29, 0.717) is 68.8 Å². The molecule has 8 heteroatoms. The number of hydrogen-bond donors (Lipinski definition) is 0. The van der Waals surface area contributed by atoms with Crippen molar-refractivity contribution < 1.29 is 9.59 Å². The molecule has 156 valence electrons. The SMILES string of the molecule is CCN(CC)C(=O)CN1CCN(C(=O)c2nn(CC)c(=O)c3ccccc23)CC1. The lowest BCUT2D eigenvalue weighted by atomic mass is 10.1. The topological polar surface area (TPSA) is 78.8 Å². The Labute approximate surface area is 170 Å². The van der Waals surface area contributed by atoms with E-state index in [0.717, 1.165) is 0 Å². The number of fused-ring (bicyclic) bond motifs is 1. The van der Waals surface area contributed by atoms with E-state index in [2.05, 4.69) is 10.00 Å². The molecule has 1 aromatic carbocycles. The normalized spacial score (nSPS) is 14.9. The molecule has 0 spiro atoms. The Morgan fingerprint density at radius 3 is 2.21 bits per heavy atom. The highest BCUT2D eigenvalue weighted by Gasteiger charge is 2.27. The van der Waals surface area contributed by atoms with Crippen molar-refractivity contribution in [3.05, 3.63) is 40.3 Å². The number of rotatable bonds is 6. The van der Waals surface area contributed by atoms with Crippen molar-refractivity contribution in [2.45, 2.75) is 27.3 Å². The second-order valence-corrected chi connectivity index (χ2v) is 7.15. The maximum Gasteiger partial charge on any atom is 0.275 e. The molecular formula is C21H29N5O3. The molecule has 1 aliphatic rings. The Kier molecular flexibility index (Phi) is 6.64. The molecule has 1 fully saturated rings. The summed E-state index contributed by atoms with van der Waals surface area (Å²) in [5, 5.41) is 5.44. The Hall–Kier alpha value is -2.74. The lowest BCUT2D eigenvalue weighted by molar-refractivity contribution is -0.132. The van der Waals surface area contributed by atoms with E-state index in [4.69, 9.17) is 0 Å². The number of aryl methyl sites for hydroxylation is 1. The molecule has 1 aromatic heterocycles. The van der Waals surface area contributed by atoms with Crippen LogP contribution in [-0.2, 0) is 11.3 Å². The molecule has 8 nitrogen and oxygen atoms in total. The van der Waals surface area contributed by atoms with Crippen molar-refractivity contribution >= 4 is 22.6 Å². The van der Waals surface area contributed by atoms with Gasteiger partial charge in [-0.1, -0.05) is 18.2 Å². The van der Waals surface area contributed by atoms with Gasteiger partial charge in [-0.25, -0.2) is 4.68 Å². The number of nitrogens with zero attached hydrogens (tertiary/aromatic N) is 5. The summed E-state index contributed by atoms with van der Waals surface area (Å²) >= 11 is 0. The van der Waals surface area contributed by atoms with Gasteiger partial charge >= 0.3 is 0 Å². The molecule has 3 rings (SSSR count). The summed E-state index contributed by atoms with van der Waals surface area (Å²) in [6.45, 7) is 10.3. The average Bonchev–Trinajstić information content (AvgIpc) is 2.75. The van der Waals surface area contributed by atoms with Crippen LogP contribution in [0.15, 0.2) is 29.1 Å². The van der Waals surface area contributed by atoms with Crippen molar-refractivity contribution in [1.29, 1.82) is 0 Å². The summed E-state index contributed by atoms with van der Waals surface area (Å²) in [5.41, 5.74) is 0.133. The number of aromatic nitrogens is 2. The molecule has 29 heavy (non-hydrogen) atoms. The lowest BCUT2D eigenvalue weighted by Crippen LogP contribution is -2.51. The first-order chi connectivity index (χ1) is 14.0. The van der Waals surface area contributed by atoms with E-state index in [9.17, 15) is 14.4 Å². The highest BCUT2D eigenvalue weighted by molar-refractivity contribution is 6.04. The van der Waals surface area contributed by atoms with Crippen LogP contribution in [0.4, 0.5) is 0 Å². The molecule has 0 unspecified atom stereocenters. The molecule has 2 amide bonds. The van der Waals surface area contributed by atoms with Crippen LogP contribution >= 0.6 is 0 Å². The third-order valence-corrected chi connectivity index (χ3v) is 5.50. The van der Waals surface area contributed by atoms with Crippen LogP contribution in [0, 0.1) is 0 Å². The van der Waals surface area contributed by atoms with Crippen molar-refractivity contribution in [2.75, 3.05) is 45.8 Å². The smallest absolute Gasteiger partial charge is 0.275 e. The number of carbonyl (C=O) groups excluding carboxylic acids is 2. The third-order valence-electron chi connectivity index (χ3n) is 5.50. The quantitative estimate of drug-likeness (QED) is 0.725. The second-order valence-electron chi connectivity index (χ2n) is 7.15. The summed E-state index contributed by atoms with van der Waals surface area (Å²) in [4.78, 5) is 43.7. The first-order valence-electron chi connectivity index (χ1n) is 10.3. The predicted molar refractivity (Wildman–Crippen MR) is 112 cm³/mol. The van der Waals surface area contributed by atoms with E-state index >= 15 is 0 Å². The van der Waals surface area contributed by atoms with Crippen LogP contribution in [0.5, 0.6) is 0 Å². The fourth-order valence-electron chi connectivity index (χ4n) is 3.73. The van der Waals surface area contributed by atoms with E-state index < -0.39 is 0 Å². The summed E-state index contributed by atoms with van der Waals surface area (Å²) in [7, 11) is 0. The minimum absolute atomic E-state index is 0.123. The zero-order valence-corrected chi connectivity index (χ0v) is 17.4. The van der Waals surface area contributed by atoms with Gasteiger partial charge in [0.25, 0.3) is 11.5 Å². The van der Waals surface area contributed by atoms with Gasteiger partial charge in [-0.2, -0.15) is 5.10 Å². The van der Waals surface area contributed by atoms with Crippen LogP contribution in [0.3, 0.4) is 0 Å². The fourth-order valence-corrected chi connectivity index (χ4v) is 3.73. The van der Waals surface area contributed by atoms with Gasteiger partial charge < -0.3 is 9.80 Å². The molecule has 1 aliphatic heterocycles. The Bertz CT molecular complexity index is 943. The zero-order valence-electron chi connectivity index (χ0n) is 17.4. The predicted octanol–water partition coefficient (Wildman–Crippen LogP) is 1.04. The van der Waals surface area contributed by atoms with Crippen molar-refractivity contribution in [1.82, 2.24) is 24.5 Å². The average molecular weight is 399 g/mol. The molecule has 0 saturated carbocycles. The van der Waals surface area contributed by atoms with E-state index in [1.807, 2.05) is 31.7 Å². The van der Waals surface area contributed by atoms with Crippen LogP contribution in [0.2, 0.25) is 0 Å². The van der Waals surface area contributed by atoms with E-state index in [1.165, 1.54) is 4.68 Å². The first kappa shape index (κ1) is 21.0. The summed E-state index contributed by atoms with van der Waals surface area (Å²) in [6, 6.07) is 7.12. The standard InChI is InChI=1S/C21H29N5O3/c1-4-24(5-2)18(27)15-23-11-13-25(14-12-23)21(29)19-16-9-7-8-10-17(16)20(28)26(6-3)22-19/h7-10H,4-6,11-15H2,1-3H3. The molecule has 0 N–H and O–H groups in total. The molecule has 2 aromatic rings. The van der Waals surface area contributed by atoms with Gasteiger partial charge in [0.15, 0.2) is 5.69 Å². The molecular weight excluding hydrogens is 370 g/mol. The van der Waals surface area contributed by atoms with Crippen molar-refractivity contribution in [3.63, 3.8) is 0 Å². The zero-order chi connectivity index (χ0) is 21.0. The second kappa shape index (κ2) is 9.17.